The number of hydrogen-bond acceptors (Lipinski definition) is 6. The number of thioether (sulfide) groups is 1. The molecule has 0 spiro atoms. The Hall–Kier alpha value is -2.52. The molecule has 1 aliphatic rings. The largest absolute Gasteiger partial charge is 0.497 e. The molecular formula is C28H31ClN3O2S3+. The van der Waals surface area contributed by atoms with Gasteiger partial charge in [-0.2, -0.15) is 4.57 Å². The number of methoxy groups -OCH3 is 1. The van der Waals surface area contributed by atoms with Gasteiger partial charge in [0.1, 0.15) is 20.0 Å². The number of benzene rings is 2. The van der Waals surface area contributed by atoms with Crippen molar-refractivity contribution in [2.45, 2.75) is 45.2 Å². The van der Waals surface area contributed by atoms with E-state index >= 15 is 0 Å². The Morgan fingerprint density at radius 3 is 2.68 bits per heavy atom. The first kappa shape index (κ1) is 27.5. The molecule has 2 aromatic heterocycles. The van der Waals surface area contributed by atoms with Crippen LogP contribution in [0.4, 0.5) is 5.69 Å². The number of hydrogen-bond donors (Lipinski definition) is 0. The van der Waals surface area contributed by atoms with Gasteiger partial charge < -0.3 is 9.64 Å². The fourth-order valence-electron chi connectivity index (χ4n) is 4.09. The van der Waals surface area contributed by atoms with Crippen molar-refractivity contribution in [1.82, 2.24) is 4.57 Å². The third kappa shape index (κ3) is 5.67. The second-order valence-electron chi connectivity index (χ2n) is 8.04. The highest BCUT2D eigenvalue weighted by atomic mass is 35.5. The molecule has 5 nitrogen and oxygen atoms in total. The van der Waals surface area contributed by atoms with Gasteiger partial charge in [-0.1, -0.05) is 66.7 Å². The van der Waals surface area contributed by atoms with E-state index in [1.165, 1.54) is 0 Å². The van der Waals surface area contributed by atoms with Crippen LogP contribution in [0.2, 0.25) is 5.02 Å². The molecule has 0 atom stereocenters. The maximum absolute atomic E-state index is 13.4. The standard InChI is InChI=1S/C26H25ClN3O2S3.C2H6/c1-4-30-23(16-22-29(13-14-33-22)12-11-17-7-5-6-8-19(17)27)35-24(25(30)31)26-28(2)20-10-9-18(32-3)15-21(20)34-26;1-2/h5-10,13-16H,4,11-12H2,1-3H3;1-2H3/q+1;/b26-24+;. The molecule has 0 aliphatic carbocycles. The van der Waals surface area contributed by atoms with E-state index in [0.29, 0.717) is 6.54 Å². The van der Waals surface area contributed by atoms with E-state index < -0.39 is 0 Å². The molecule has 0 saturated heterocycles. The van der Waals surface area contributed by atoms with Gasteiger partial charge in [-0.25, -0.2) is 0 Å². The average molecular weight is 573 g/mol. The first-order chi connectivity index (χ1) is 18.0. The van der Waals surface area contributed by atoms with Gasteiger partial charge in [0.25, 0.3) is 10.6 Å². The summed E-state index contributed by atoms with van der Waals surface area (Å²) in [7, 11) is 3.68. The number of thiazole rings is 2. The van der Waals surface area contributed by atoms with Crippen LogP contribution in [-0.4, -0.2) is 18.7 Å². The summed E-state index contributed by atoms with van der Waals surface area (Å²) >= 11 is 11.2. The molecule has 2 aromatic carbocycles. The topological polar surface area (TPSA) is 38.4 Å². The quantitative estimate of drug-likeness (QED) is 0.292. The van der Waals surface area contributed by atoms with Gasteiger partial charge in [-0.05, 0) is 36.8 Å². The molecule has 0 radical (unpaired) electrons. The molecule has 4 aromatic rings. The van der Waals surface area contributed by atoms with E-state index in [4.69, 9.17) is 16.3 Å². The predicted molar refractivity (Wildman–Crippen MR) is 159 cm³/mol. The fourth-order valence-corrected chi connectivity index (χ4v) is 7.69. The summed E-state index contributed by atoms with van der Waals surface area (Å²) in [6.07, 6.45) is 5.07. The molecule has 0 fully saturated rings. The number of rotatable bonds is 6. The van der Waals surface area contributed by atoms with Crippen LogP contribution < -0.4 is 29.0 Å². The van der Waals surface area contributed by atoms with Gasteiger partial charge in [0.2, 0.25) is 0 Å². The molecule has 0 N–H and O–H groups in total. The number of nitrogens with zero attached hydrogens (tertiary/aromatic N) is 3. The first-order valence-electron chi connectivity index (χ1n) is 12.3. The molecule has 0 unspecified atom stereocenters. The zero-order chi connectivity index (χ0) is 26.5. The number of ether oxygens (including phenoxy) is 1. The van der Waals surface area contributed by atoms with Crippen molar-refractivity contribution in [2.75, 3.05) is 19.1 Å². The lowest BCUT2D eigenvalue weighted by Crippen LogP contribution is -2.36. The lowest BCUT2D eigenvalue weighted by Gasteiger charge is -2.12. The first-order valence-corrected chi connectivity index (χ1v) is 15.1. The summed E-state index contributed by atoms with van der Waals surface area (Å²) in [6, 6.07) is 14.0. The molecule has 0 amide bonds. The highest BCUT2D eigenvalue weighted by Gasteiger charge is 2.25. The van der Waals surface area contributed by atoms with Gasteiger partial charge in [0, 0.05) is 29.9 Å². The van der Waals surface area contributed by atoms with Crippen molar-refractivity contribution in [2.24, 2.45) is 0 Å². The third-order valence-electron chi connectivity index (χ3n) is 6.00. The Bertz CT molecular complexity index is 1570. The number of fused-ring (bicyclic) bond motifs is 1. The van der Waals surface area contributed by atoms with Crippen molar-refractivity contribution < 1.29 is 9.30 Å². The van der Waals surface area contributed by atoms with Gasteiger partial charge in [-0.15, -0.1) is 11.3 Å². The maximum Gasteiger partial charge on any atom is 0.271 e. The van der Waals surface area contributed by atoms with Crippen LogP contribution >= 0.6 is 46.0 Å². The zero-order valence-corrected chi connectivity index (χ0v) is 24.9. The van der Waals surface area contributed by atoms with Crippen LogP contribution in [0.15, 0.2) is 63.7 Å². The van der Waals surface area contributed by atoms with Gasteiger partial charge in [0.15, 0.2) is 12.7 Å². The maximum atomic E-state index is 13.4. The number of anilines is 1. The van der Waals surface area contributed by atoms with E-state index in [0.717, 1.165) is 59.1 Å². The average Bonchev–Trinajstić information content (AvgIpc) is 3.59. The minimum absolute atomic E-state index is 0.0528. The molecule has 0 saturated carbocycles. The zero-order valence-electron chi connectivity index (χ0n) is 21.7. The van der Waals surface area contributed by atoms with Gasteiger partial charge in [0.05, 0.1) is 24.3 Å². The number of aryl methyl sites for hydroxylation is 2. The fraction of sp³-hybridized carbons (Fsp3) is 0.286. The van der Waals surface area contributed by atoms with Crippen LogP contribution in [0.5, 0.6) is 5.75 Å². The van der Waals surface area contributed by atoms with E-state index in [2.05, 4.69) is 33.2 Å². The van der Waals surface area contributed by atoms with E-state index in [1.54, 1.807) is 41.5 Å². The molecule has 9 heteroatoms. The van der Waals surface area contributed by atoms with Crippen LogP contribution in [0, 0.1) is 0 Å². The van der Waals surface area contributed by atoms with Crippen LogP contribution in [0.25, 0.3) is 11.1 Å². The minimum Gasteiger partial charge on any atom is -0.497 e. The molecule has 1 aliphatic heterocycles. The Kier molecular flexibility index (Phi) is 9.18. The van der Waals surface area contributed by atoms with Gasteiger partial charge in [-0.3, -0.25) is 9.36 Å². The lowest BCUT2D eigenvalue weighted by molar-refractivity contribution is -0.693. The Labute approximate surface area is 234 Å². The Morgan fingerprint density at radius 2 is 1.95 bits per heavy atom. The van der Waals surface area contributed by atoms with Crippen LogP contribution in [-0.2, 0) is 19.5 Å². The van der Waals surface area contributed by atoms with Crippen molar-refractivity contribution in [3.05, 3.63) is 89.2 Å². The van der Waals surface area contributed by atoms with Crippen molar-refractivity contribution >= 4 is 62.8 Å². The monoisotopic (exact) mass is 572 g/mol. The highest BCUT2D eigenvalue weighted by molar-refractivity contribution is 8.08. The van der Waals surface area contributed by atoms with Crippen LogP contribution in [0.1, 0.15) is 31.3 Å². The number of aromatic nitrogens is 2. The minimum atomic E-state index is 0.0528. The molecular weight excluding hydrogens is 542 g/mol. The molecule has 0 bridgehead atoms. The molecule has 194 valence electrons. The summed E-state index contributed by atoms with van der Waals surface area (Å²) in [4.78, 5) is 16.6. The van der Waals surface area contributed by atoms with Gasteiger partial charge >= 0.3 is 0 Å². The summed E-state index contributed by atoms with van der Waals surface area (Å²) < 4.78 is 11.2. The summed E-state index contributed by atoms with van der Waals surface area (Å²) in [5, 5.41) is 4.95. The van der Waals surface area contributed by atoms with E-state index in [-0.39, 0.29) is 5.56 Å². The summed E-state index contributed by atoms with van der Waals surface area (Å²) in [5.41, 5.74) is 2.27. The predicted octanol–water partition coefficient (Wildman–Crippen LogP) is 5.35. The molecule has 37 heavy (non-hydrogen) atoms. The highest BCUT2D eigenvalue weighted by Crippen LogP contribution is 2.46. The smallest absolute Gasteiger partial charge is 0.271 e. The van der Waals surface area contributed by atoms with E-state index in [1.807, 2.05) is 68.8 Å². The third-order valence-corrected chi connectivity index (χ3v) is 9.69. The Morgan fingerprint density at radius 1 is 1.16 bits per heavy atom. The molecule has 3 heterocycles. The van der Waals surface area contributed by atoms with Crippen molar-refractivity contribution in [1.29, 1.82) is 0 Å². The number of halogens is 1. The Balaban J connectivity index is 0.00000156. The normalized spacial score (nSPS) is 14.4. The van der Waals surface area contributed by atoms with Crippen LogP contribution in [0.3, 0.4) is 0 Å². The van der Waals surface area contributed by atoms with Crippen molar-refractivity contribution in [3.8, 4) is 5.75 Å². The van der Waals surface area contributed by atoms with Crippen molar-refractivity contribution in [3.63, 3.8) is 0 Å². The molecule has 5 rings (SSSR count). The second kappa shape index (κ2) is 12.3. The second-order valence-corrected chi connectivity index (χ2v) is 11.4. The summed E-state index contributed by atoms with van der Waals surface area (Å²) in [6.45, 7) is 7.46. The summed E-state index contributed by atoms with van der Waals surface area (Å²) in [5.74, 6) is 0.816. The SMILES string of the molecule is CC.CCn1c(=O)/c(=C2\Sc3cc(OC)ccc3N2C)s/c1=C\c1scc[n+]1CCc1ccccc1Cl. The lowest BCUT2D eigenvalue weighted by atomic mass is 10.1. The van der Waals surface area contributed by atoms with E-state index in [9.17, 15) is 4.79 Å².